The van der Waals surface area contributed by atoms with E-state index in [1.807, 2.05) is 45.0 Å². The third kappa shape index (κ3) is 6.76. The van der Waals surface area contributed by atoms with Crippen LogP contribution in [0, 0.1) is 0 Å². The number of hydrogen-bond acceptors (Lipinski definition) is 9. The smallest absolute Gasteiger partial charge is 0.410 e. The second kappa shape index (κ2) is 11.9. The van der Waals surface area contributed by atoms with Gasteiger partial charge in [0.1, 0.15) is 16.2 Å². The van der Waals surface area contributed by atoms with Crippen LogP contribution >= 0.6 is 11.3 Å². The second-order valence-electron chi connectivity index (χ2n) is 11.6. The number of ether oxygens (including phenoxy) is 2. The lowest BCUT2D eigenvalue weighted by atomic mass is 10.0. The van der Waals surface area contributed by atoms with Crippen molar-refractivity contribution in [1.82, 2.24) is 19.9 Å². The molecule has 9 nitrogen and oxygen atoms in total. The largest absolute Gasteiger partial charge is 0.444 e. The maximum Gasteiger partial charge on any atom is 0.410 e. The quantitative estimate of drug-likeness (QED) is 0.249. The molecule has 2 aliphatic heterocycles. The van der Waals surface area contributed by atoms with Crippen LogP contribution in [0.3, 0.4) is 0 Å². The van der Waals surface area contributed by atoms with Crippen molar-refractivity contribution in [2.24, 2.45) is 4.99 Å². The topological polar surface area (TPSA) is 102 Å². The third-order valence-corrected chi connectivity index (χ3v) is 7.87. The van der Waals surface area contributed by atoms with E-state index in [4.69, 9.17) is 19.5 Å². The number of thiazole rings is 1. The lowest BCUT2D eigenvalue weighted by molar-refractivity contribution is 0.0206. The molecule has 1 fully saturated rings. The van der Waals surface area contributed by atoms with E-state index < -0.39 is 5.60 Å². The first-order valence-corrected chi connectivity index (χ1v) is 15.1. The summed E-state index contributed by atoms with van der Waals surface area (Å²) in [6, 6.07) is 18.3. The van der Waals surface area contributed by atoms with Crippen molar-refractivity contribution in [2.45, 2.75) is 58.1 Å². The van der Waals surface area contributed by atoms with Gasteiger partial charge < -0.3 is 19.7 Å². The molecular formula is C32H34N6O3S. The van der Waals surface area contributed by atoms with Crippen LogP contribution in [0.5, 0.6) is 11.6 Å². The first-order chi connectivity index (χ1) is 20.3. The van der Waals surface area contributed by atoms with Crippen LogP contribution in [-0.2, 0) is 17.6 Å². The van der Waals surface area contributed by atoms with E-state index >= 15 is 0 Å². The number of aromatic nitrogens is 3. The fourth-order valence-electron chi connectivity index (χ4n) is 5.13. The van der Waals surface area contributed by atoms with E-state index in [9.17, 15) is 4.79 Å². The minimum Gasteiger partial charge on any atom is -0.444 e. The molecule has 6 rings (SSSR count). The molecule has 42 heavy (non-hydrogen) atoms. The Kier molecular flexibility index (Phi) is 7.88. The predicted octanol–water partition coefficient (Wildman–Crippen LogP) is 7.08. The first kappa shape index (κ1) is 27.8. The van der Waals surface area contributed by atoms with Gasteiger partial charge >= 0.3 is 6.09 Å². The maximum atomic E-state index is 12.6. The number of fused-ring (bicyclic) bond motifs is 1. The van der Waals surface area contributed by atoms with Gasteiger partial charge in [-0.3, -0.25) is 4.99 Å². The Morgan fingerprint density at radius 3 is 2.74 bits per heavy atom. The van der Waals surface area contributed by atoms with Crippen molar-refractivity contribution < 1.29 is 14.3 Å². The fraction of sp³-hybridized carbons (Fsp3) is 0.344. The number of likely N-dealkylation sites (tertiary alicyclic amines) is 1. The molecule has 1 N–H and O–H groups in total. The summed E-state index contributed by atoms with van der Waals surface area (Å²) in [6.45, 7) is 6.85. The van der Waals surface area contributed by atoms with Gasteiger partial charge in [-0.2, -0.15) is 0 Å². The Balaban J connectivity index is 1.08. The third-order valence-electron chi connectivity index (χ3n) is 7.04. The van der Waals surface area contributed by atoms with Crippen LogP contribution in [0.2, 0.25) is 0 Å². The Bertz CT molecular complexity index is 1590. The highest BCUT2D eigenvalue weighted by atomic mass is 32.1. The highest BCUT2D eigenvalue weighted by Gasteiger charge is 2.28. The maximum absolute atomic E-state index is 12.6. The van der Waals surface area contributed by atoms with Crippen molar-refractivity contribution in [3.8, 4) is 22.2 Å². The molecule has 10 heteroatoms. The summed E-state index contributed by atoms with van der Waals surface area (Å²) >= 11 is 1.47. The van der Waals surface area contributed by atoms with Crippen molar-refractivity contribution >= 4 is 34.8 Å². The Morgan fingerprint density at radius 1 is 1.10 bits per heavy atom. The summed E-state index contributed by atoms with van der Waals surface area (Å²) in [5.41, 5.74) is 6.67. The summed E-state index contributed by atoms with van der Waals surface area (Å²) in [6.07, 6.45) is 4.93. The molecular weight excluding hydrogens is 548 g/mol. The monoisotopic (exact) mass is 582 g/mol. The van der Waals surface area contributed by atoms with Gasteiger partial charge in [0.15, 0.2) is 0 Å². The average Bonchev–Trinajstić information content (AvgIpc) is 3.60. The number of piperidine rings is 1. The number of nitrogens with one attached hydrogen (secondary N) is 1. The number of hydrogen-bond donors (Lipinski definition) is 1. The summed E-state index contributed by atoms with van der Waals surface area (Å²) in [5, 5.41) is 3.40. The molecule has 0 unspecified atom stereocenters. The van der Waals surface area contributed by atoms with Crippen molar-refractivity contribution in [3.63, 3.8) is 0 Å². The molecule has 0 radical (unpaired) electrons. The zero-order valence-corrected chi connectivity index (χ0v) is 24.9. The van der Waals surface area contributed by atoms with Crippen molar-refractivity contribution in [3.05, 3.63) is 77.4 Å². The van der Waals surface area contributed by atoms with E-state index in [1.165, 1.54) is 28.2 Å². The molecule has 1 atom stereocenters. The average molecular weight is 583 g/mol. The van der Waals surface area contributed by atoms with E-state index in [-0.39, 0.29) is 12.1 Å². The van der Waals surface area contributed by atoms with Gasteiger partial charge in [0.2, 0.25) is 11.8 Å². The fourth-order valence-corrected chi connectivity index (χ4v) is 5.81. The molecule has 2 aliphatic rings. The number of carbonyl (C=O) groups is 1. The van der Waals surface area contributed by atoms with Gasteiger partial charge in [-0.15, -0.1) is 11.3 Å². The molecule has 0 bridgehead atoms. The normalized spacial score (nSPS) is 16.5. The zero-order valence-electron chi connectivity index (χ0n) is 24.0. The van der Waals surface area contributed by atoms with Crippen LogP contribution in [-0.4, -0.2) is 56.4 Å². The van der Waals surface area contributed by atoms with Crippen LogP contribution < -0.4 is 10.1 Å². The number of amides is 1. The number of aliphatic imine (C=N–C) groups is 1. The Hall–Kier alpha value is -4.31. The SMILES string of the molecule is CC(C)(C)OC(=O)N1CCC[C@H](Nc2nccc(-c3scnc3Oc3ccc(CC4=Nc5ccccc5C4)cc3)n2)C1. The highest BCUT2D eigenvalue weighted by Crippen LogP contribution is 2.35. The summed E-state index contributed by atoms with van der Waals surface area (Å²) in [7, 11) is 0. The number of benzene rings is 2. The molecule has 1 saturated heterocycles. The molecule has 216 valence electrons. The minimum atomic E-state index is -0.524. The van der Waals surface area contributed by atoms with Crippen LogP contribution in [0.15, 0.2) is 71.3 Å². The van der Waals surface area contributed by atoms with Gasteiger partial charge in [-0.1, -0.05) is 30.3 Å². The molecule has 0 aliphatic carbocycles. The summed E-state index contributed by atoms with van der Waals surface area (Å²) in [5.74, 6) is 1.71. The molecule has 4 aromatic rings. The molecule has 1 amide bonds. The molecule has 2 aromatic heterocycles. The zero-order chi connectivity index (χ0) is 29.1. The van der Waals surface area contributed by atoms with Gasteiger partial charge in [0, 0.05) is 43.9 Å². The molecule has 4 heterocycles. The van der Waals surface area contributed by atoms with Crippen LogP contribution in [0.1, 0.15) is 44.7 Å². The number of rotatable bonds is 7. The minimum absolute atomic E-state index is 0.0292. The summed E-state index contributed by atoms with van der Waals surface area (Å²) < 4.78 is 11.7. The van der Waals surface area contributed by atoms with E-state index in [0.717, 1.165) is 41.9 Å². The van der Waals surface area contributed by atoms with E-state index in [0.29, 0.717) is 30.7 Å². The summed E-state index contributed by atoms with van der Waals surface area (Å²) in [4.78, 5) is 33.6. The first-order valence-electron chi connectivity index (χ1n) is 14.2. The van der Waals surface area contributed by atoms with Gasteiger partial charge in [0.05, 0.1) is 16.9 Å². The number of nitrogens with zero attached hydrogens (tertiary/aromatic N) is 5. The van der Waals surface area contributed by atoms with Gasteiger partial charge in [0.25, 0.3) is 0 Å². The number of anilines is 1. The number of carbonyl (C=O) groups excluding carboxylic acids is 1. The molecule has 0 spiro atoms. The van der Waals surface area contributed by atoms with Gasteiger partial charge in [-0.05, 0) is 69.0 Å². The lowest BCUT2D eigenvalue weighted by Gasteiger charge is -2.34. The standard InChI is InChI=1S/C32H34N6O3S/c1-32(2,3)41-31(39)38-16-6-8-23(19-38)36-30-33-15-14-27(37-30)28-29(34-20-42-28)40-25-12-10-21(11-13-25)17-24-18-22-7-4-5-9-26(22)35-24/h4-5,7,9-15,20,23H,6,8,16-19H2,1-3H3,(H,33,36,37)/t23-/m0/s1. The van der Waals surface area contributed by atoms with Crippen LogP contribution in [0.4, 0.5) is 16.4 Å². The lowest BCUT2D eigenvalue weighted by Crippen LogP contribution is -2.47. The Morgan fingerprint density at radius 2 is 1.93 bits per heavy atom. The van der Waals surface area contributed by atoms with E-state index in [1.54, 1.807) is 16.6 Å². The van der Waals surface area contributed by atoms with Crippen molar-refractivity contribution in [2.75, 3.05) is 18.4 Å². The molecule has 0 saturated carbocycles. The predicted molar refractivity (Wildman–Crippen MR) is 165 cm³/mol. The highest BCUT2D eigenvalue weighted by molar-refractivity contribution is 7.13. The van der Waals surface area contributed by atoms with Gasteiger partial charge in [-0.25, -0.2) is 19.7 Å². The van der Waals surface area contributed by atoms with Crippen molar-refractivity contribution in [1.29, 1.82) is 0 Å². The second-order valence-corrected chi connectivity index (χ2v) is 12.4. The number of para-hydroxylation sites is 1. The van der Waals surface area contributed by atoms with E-state index in [2.05, 4.69) is 45.6 Å². The molecule has 2 aromatic carbocycles. The Labute approximate surface area is 249 Å². The van der Waals surface area contributed by atoms with Crippen LogP contribution in [0.25, 0.3) is 10.6 Å².